The minimum absolute atomic E-state index is 0.345. The summed E-state index contributed by atoms with van der Waals surface area (Å²) >= 11 is 6.18. The van der Waals surface area contributed by atoms with Crippen LogP contribution < -0.4 is 14.4 Å². The van der Waals surface area contributed by atoms with Gasteiger partial charge in [0.05, 0.1) is 25.5 Å². The van der Waals surface area contributed by atoms with Gasteiger partial charge in [0.1, 0.15) is 17.2 Å². The number of carbonyl (C=O) groups excluding carboxylic acids is 2. The predicted molar refractivity (Wildman–Crippen MR) is 116 cm³/mol. The summed E-state index contributed by atoms with van der Waals surface area (Å²) in [5, 5.41) is 0.420. The van der Waals surface area contributed by atoms with Crippen molar-refractivity contribution in [1.29, 1.82) is 0 Å². The van der Waals surface area contributed by atoms with Crippen molar-refractivity contribution in [2.45, 2.75) is 19.3 Å². The summed E-state index contributed by atoms with van der Waals surface area (Å²) in [6.45, 7) is 1.49. The smallest absolute Gasteiger partial charge is 0.282 e. The molecule has 1 saturated heterocycles. The number of anilines is 1. The van der Waals surface area contributed by atoms with Crippen LogP contribution >= 0.6 is 11.6 Å². The zero-order chi connectivity index (χ0) is 21.3. The van der Waals surface area contributed by atoms with Crippen molar-refractivity contribution in [2.24, 2.45) is 0 Å². The number of benzene rings is 2. The van der Waals surface area contributed by atoms with Crippen LogP contribution in [0.1, 0.15) is 24.8 Å². The van der Waals surface area contributed by atoms with Crippen molar-refractivity contribution >= 4 is 34.7 Å². The molecule has 0 aromatic heterocycles. The molecule has 2 aliphatic rings. The molecule has 0 radical (unpaired) electrons. The van der Waals surface area contributed by atoms with Gasteiger partial charge in [-0.25, -0.2) is 4.90 Å². The van der Waals surface area contributed by atoms with E-state index in [9.17, 15) is 9.59 Å². The molecule has 0 N–H and O–H groups in total. The Morgan fingerprint density at radius 1 is 0.867 bits per heavy atom. The summed E-state index contributed by atoms with van der Waals surface area (Å²) in [5.74, 6) is 0.360. The highest BCUT2D eigenvalue weighted by atomic mass is 35.5. The average molecular weight is 427 g/mol. The largest absolute Gasteiger partial charge is 0.497 e. The van der Waals surface area contributed by atoms with Crippen molar-refractivity contribution in [2.75, 3.05) is 32.2 Å². The standard InChI is InChI=1S/C23H23ClN2O4/c1-29-17-9-6-15(7-10-17)20-21(25-12-4-3-5-13-25)23(28)26(22(20)27)18-14-16(24)8-11-19(18)30-2/h6-11,14H,3-5,12-13H2,1-2H3. The fourth-order valence-electron chi connectivity index (χ4n) is 4.00. The van der Waals surface area contributed by atoms with E-state index in [0.717, 1.165) is 32.4 Å². The molecular weight excluding hydrogens is 404 g/mol. The molecule has 2 aromatic rings. The van der Waals surface area contributed by atoms with Crippen molar-refractivity contribution in [1.82, 2.24) is 4.90 Å². The minimum Gasteiger partial charge on any atom is -0.497 e. The number of carbonyl (C=O) groups is 2. The van der Waals surface area contributed by atoms with Crippen LogP contribution in [-0.4, -0.2) is 44.0 Å². The van der Waals surface area contributed by atoms with E-state index in [1.807, 2.05) is 17.0 Å². The van der Waals surface area contributed by atoms with Crippen molar-refractivity contribution in [3.63, 3.8) is 0 Å². The first-order valence-corrected chi connectivity index (χ1v) is 10.3. The molecule has 30 heavy (non-hydrogen) atoms. The highest BCUT2D eigenvalue weighted by molar-refractivity contribution is 6.46. The fraction of sp³-hybridized carbons (Fsp3) is 0.304. The molecule has 4 rings (SSSR count). The highest BCUT2D eigenvalue weighted by Crippen LogP contribution is 2.40. The van der Waals surface area contributed by atoms with Gasteiger partial charge >= 0.3 is 0 Å². The zero-order valence-electron chi connectivity index (χ0n) is 17.0. The van der Waals surface area contributed by atoms with Crippen LogP contribution in [0.15, 0.2) is 48.2 Å². The third kappa shape index (κ3) is 3.52. The van der Waals surface area contributed by atoms with Gasteiger partial charge in [-0.2, -0.15) is 0 Å². The number of rotatable bonds is 5. The molecule has 0 atom stereocenters. The highest BCUT2D eigenvalue weighted by Gasteiger charge is 2.43. The lowest BCUT2D eigenvalue weighted by Gasteiger charge is -2.29. The lowest BCUT2D eigenvalue weighted by Crippen LogP contribution is -2.37. The normalized spacial score (nSPS) is 17.0. The minimum atomic E-state index is -0.383. The van der Waals surface area contributed by atoms with Crippen LogP contribution in [0.4, 0.5) is 5.69 Å². The van der Waals surface area contributed by atoms with Gasteiger partial charge in [0.2, 0.25) is 0 Å². The Hall–Kier alpha value is -2.99. The van der Waals surface area contributed by atoms with E-state index < -0.39 is 0 Å². The van der Waals surface area contributed by atoms with Crippen molar-refractivity contribution in [3.8, 4) is 11.5 Å². The molecule has 156 valence electrons. The Balaban J connectivity index is 1.84. The number of ether oxygens (including phenoxy) is 2. The molecule has 1 fully saturated rings. The number of imide groups is 1. The second-order valence-corrected chi connectivity index (χ2v) is 7.70. The maximum atomic E-state index is 13.6. The van der Waals surface area contributed by atoms with Crippen LogP contribution in [-0.2, 0) is 9.59 Å². The molecule has 0 spiro atoms. The number of amides is 2. The van der Waals surface area contributed by atoms with Gasteiger partial charge in [0.15, 0.2) is 0 Å². The Morgan fingerprint density at radius 3 is 2.20 bits per heavy atom. The van der Waals surface area contributed by atoms with Gasteiger partial charge < -0.3 is 14.4 Å². The second kappa shape index (κ2) is 8.40. The van der Waals surface area contributed by atoms with E-state index in [1.54, 1.807) is 37.4 Å². The molecular formula is C23H23ClN2O4. The Bertz CT molecular complexity index is 1010. The molecule has 0 saturated carbocycles. The average Bonchev–Trinajstić information content (AvgIpc) is 3.04. The summed E-state index contributed by atoms with van der Waals surface area (Å²) in [5.41, 5.74) is 1.86. The number of methoxy groups -OCH3 is 2. The summed E-state index contributed by atoms with van der Waals surface area (Å²) in [4.78, 5) is 30.4. The van der Waals surface area contributed by atoms with E-state index in [4.69, 9.17) is 21.1 Å². The van der Waals surface area contributed by atoms with E-state index in [1.165, 1.54) is 12.0 Å². The Labute approximate surface area is 180 Å². The lowest BCUT2D eigenvalue weighted by atomic mass is 10.0. The maximum Gasteiger partial charge on any atom is 0.282 e. The molecule has 0 bridgehead atoms. The predicted octanol–water partition coefficient (Wildman–Crippen LogP) is 4.13. The molecule has 7 heteroatoms. The Morgan fingerprint density at radius 2 is 1.57 bits per heavy atom. The zero-order valence-corrected chi connectivity index (χ0v) is 17.7. The first kappa shape index (κ1) is 20.3. The summed E-state index contributed by atoms with van der Waals surface area (Å²) in [7, 11) is 3.09. The number of likely N-dealkylation sites (tertiary alicyclic amines) is 1. The topological polar surface area (TPSA) is 59.1 Å². The van der Waals surface area contributed by atoms with E-state index >= 15 is 0 Å². The fourth-order valence-corrected chi connectivity index (χ4v) is 4.17. The number of piperidine rings is 1. The monoisotopic (exact) mass is 426 g/mol. The third-order valence-corrected chi connectivity index (χ3v) is 5.73. The lowest BCUT2D eigenvalue weighted by molar-refractivity contribution is -0.120. The van der Waals surface area contributed by atoms with E-state index in [2.05, 4.69) is 0 Å². The summed E-state index contributed by atoms with van der Waals surface area (Å²) in [6.07, 6.45) is 3.10. The molecule has 0 unspecified atom stereocenters. The van der Waals surface area contributed by atoms with Gasteiger partial charge in [-0.1, -0.05) is 23.7 Å². The van der Waals surface area contributed by atoms with E-state index in [-0.39, 0.29) is 11.8 Å². The number of halogens is 1. The maximum absolute atomic E-state index is 13.6. The van der Waals surface area contributed by atoms with Crippen LogP contribution in [0.5, 0.6) is 11.5 Å². The Kier molecular flexibility index (Phi) is 5.68. The summed E-state index contributed by atoms with van der Waals surface area (Å²) < 4.78 is 10.6. The van der Waals surface area contributed by atoms with Crippen LogP contribution in [0, 0.1) is 0 Å². The molecule has 2 aliphatic heterocycles. The number of nitrogens with zero attached hydrogens (tertiary/aromatic N) is 2. The van der Waals surface area contributed by atoms with E-state index in [0.29, 0.717) is 39.0 Å². The molecule has 2 amide bonds. The number of hydrogen-bond donors (Lipinski definition) is 0. The van der Waals surface area contributed by atoms with Gasteiger partial charge in [-0.3, -0.25) is 9.59 Å². The first-order chi connectivity index (χ1) is 14.5. The van der Waals surface area contributed by atoms with Crippen molar-refractivity contribution in [3.05, 3.63) is 58.7 Å². The molecule has 2 aromatic carbocycles. The second-order valence-electron chi connectivity index (χ2n) is 7.26. The molecule has 2 heterocycles. The quantitative estimate of drug-likeness (QED) is 0.673. The SMILES string of the molecule is COc1ccc(C2=C(N3CCCCC3)C(=O)N(c3cc(Cl)ccc3OC)C2=O)cc1. The summed E-state index contributed by atoms with van der Waals surface area (Å²) in [6, 6.07) is 12.1. The number of hydrogen-bond acceptors (Lipinski definition) is 5. The molecule has 6 nitrogen and oxygen atoms in total. The van der Waals surface area contributed by atoms with Gasteiger partial charge in [-0.15, -0.1) is 0 Å². The van der Waals surface area contributed by atoms with Crippen molar-refractivity contribution < 1.29 is 19.1 Å². The van der Waals surface area contributed by atoms with Crippen LogP contribution in [0.3, 0.4) is 0 Å². The van der Waals surface area contributed by atoms with Crippen LogP contribution in [0.2, 0.25) is 5.02 Å². The first-order valence-electron chi connectivity index (χ1n) is 9.91. The third-order valence-electron chi connectivity index (χ3n) is 5.49. The van der Waals surface area contributed by atoms with Gasteiger partial charge in [0.25, 0.3) is 11.8 Å². The van der Waals surface area contributed by atoms with Crippen LogP contribution in [0.25, 0.3) is 5.57 Å². The van der Waals surface area contributed by atoms with Gasteiger partial charge in [-0.05, 0) is 55.2 Å². The van der Waals surface area contributed by atoms with Gasteiger partial charge in [0, 0.05) is 18.1 Å². The molecule has 0 aliphatic carbocycles.